The van der Waals surface area contributed by atoms with Gasteiger partial charge in [0.1, 0.15) is 11.6 Å². The highest BCUT2D eigenvalue weighted by atomic mass is 16.6. The molecule has 0 spiro atoms. The molecule has 0 saturated carbocycles. The minimum Gasteiger partial charge on any atom is -0.373 e. The number of non-ortho nitro benzene ring substituents is 1. The standard InChI is InChI=1S/C21H21N5O3/c1-16-3-2-4-20(13-16)25-11-9-24(10-12-25)15-17(14-22)21(27)23-18-5-7-19(8-6-18)26(28)29/h2-8,13,15H,9-12H2,1H3,(H,23,27)/b17-15-. The summed E-state index contributed by atoms with van der Waals surface area (Å²) >= 11 is 0. The highest BCUT2D eigenvalue weighted by Crippen LogP contribution is 2.19. The number of aryl methyl sites for hydroxylation is 1. The molecule has 0 unspecified atom stereocenters. The lowest BCUT2D eigenvalue weighted by Gasteiger charge is -2.35. The molecule has 1 N–H and O–H groups in total. The molecule has 2 aromatic rings. The highest BCUT2D eigenvalue weighted by molar-refractivity contribution is 6.06. The van der Waals surface area contributed by atoms with Gasteiger partial charge in [-0.25, -0.2) is 0 Å². The summed E-state index contributed by atoms with van der Waals surface area (Å²) in [6.45, 7) is 5.05. The van der Waals surface area contributed by atoms with Crippen LogP contribution in [0.3, 0.4) is 0 Å². The molecule has 0 radical (unpaired) electrons. The van der Waals surface area contributed by atoms with E-state index in [9.17, 15) is 20.2 Å². The molecule has 0 aliphatic carbocycles. The summed E-state index contributed by atoms with van der Waals surface area (Å²) in [5.74, 6) is -0.539. The van der Waals surface area contributed by atoms with Crippen molar-refractivity contribution in [3.05, 3.63) is 76.0 Å². The van der Waals surface area contributed by atoms with E-state index in [1.54, 1.807) is 6.20 Å². The minimum atomic E-state index is -0.539. The lowest BCUT2D eigenvalue weighted by molar-refractivity contribution is -0.384. The number of carbonyl (C=O) groups is 1. The van der Waals surface area contributed by atoms with E-state index in [-0.39, 0.29) is 11.3 Å². The summed E-state index contributed by atoms with van der Waals surface area (Å²) in [6.07, 6.45) is 1.58. The predicted octanol–water partition coefficient (Wildman–Crippen LogP) is 3.07. The molecule has 1 amide bonds. The third kappa shape index (κ3) is 5.11. The van der Waals surface area contributed by atoms with E-state index in [1.807, 2.05) is 17.0 Å². The van der Waals surface area contributed by atoms with Gasteiger partial charge in [0.2, 0.25) is 0 Å². The fourth-order valence-electron chi connectivity index (χ4n) is 3.12. The molecular formula is C21H21N5O3. The van der Waals surface area contributed by atoms with Gasteiger partial charge < -0.3 is 15.1 Å². The van der Waals surface area contributed by atoms with Crippen molar-refractivity contribution in [3.63, 3.8) is 0 Å². The quantitative estimate of drug-likeness (QED) is 0.364. The number of benzene rings is 2. The molecule has 29 heavy (non-hydrogen) atoms. The van der Waals surface area contributed by atoms with Crippen molar-refractivity contribution < 1.29 is 9.72 Å². The monoisotopic (exact) mass is 391 g/mol. The van der Waals surface area contributed by atoms with Crippen molar-refractivity contribution >= 4 is 23.0 Å². The van der Waals surface area contributed by atoms with Gasteiger partial charge in [0.25, 0.3) is 11.6 Å². The van der Waals surface area contributed by atoms with Crippen LogP contribution in [0.1, 0.15) is 5.56 Å². The number of anilines is 2. The van der Waals surface area contributed by atoms with Crippen molar-refractivity contribution in [2.75, 3.05) is 36.4 Å². The van der Waals surface area contributed by atoms with Gasteiger partial charge in [-0.15, -0.1) is 0 Å². The van der Waals surface area contributed by atoms with E-state index in [1.165, 1.54) is 35.5 Å². The molecule has 0 atom stereocenters. The molecule has 0 aromatic heterocycles. The first kappa shape index (κ1) is 19.9. The third-order valence-electron chi connectivity index (χ3n) is 4.69. The van der Waals surface area contributed by atoms with Crippen LogP contribution in [0.5, 0.6) is 0 Å². The smallest absolute Gasteiger partial charge is 0.269 e. The van der Waals surface area contributed by atoms with Crippen LogP contribution in [-0.4, -0.2) is 41.9 Å². The van der Waals surface area contributed by atoms with Crippen LogP contribution in [0.15, 0.2) is 60.3 Å². The molecule has 0 bridgehead atoms. The maximum atomic E-state index is 12.4. The molecule has 8 nitrogen and oxygen atoms in total. The number of carbonyl (C=O) groups excluding carboxylic acids is 1. The first-order valence-corrected chi connectivity index (χ1v) is 9.19. The van der Waals surface area contributed by atoms with Gasteiger partial charge >= 0.3 is 0 Å². The predicted molar refractivity (Wildman–Crippen MR) is 110 cm³/mol. The summed E-state index contributed by atoms with van der Waals surface area (Å²) in [7, 11) is 0. The number of nitriles is 1. The molecule has 1 aliphatic heterocycles. The number of hydrogen-bond donors (Lipinski definition) is 1. The topological polar surface area (TPSA) is 103 Å². The number of piperazine rings is 1. The van der Waals surface area contributed by atoms with E-state index in [0.29, 0.717) is 18.8 Å². The summed E-state index contributed by atoms with van der Waals surface area (Å²) < 4.78 is 0. The maximum Gasteiger partial charge on any atom is 0.269 e. The fraction of sp³-hybridized carbons (Fsp3) is 0.238. The van der Waals surface area contributed by atoms with E-state index < -0.39 is 10.8 Å². The van der Waals surface area contributed by atoms with Gasteiger partial charge in [0.05, 0.1) is 4.92 Å². The number of nitrogens with one attached hydrogen (secondary N) is 1. The van der Waals surface area contributed by atoms with Gasteiger partial charge in [-0.1, -0.05) is 12.1 Å². The number of rotatable bonds is 5. The van der Waals surface area contributed by atoms with Crippen molar-refractivity contribution in [1.82, 2.24) is 4.90 Å². The zero-order chi connectivity index (χ0) is 20.8. The Morgan fingerprint density at radius 1 is 1.17 bits per heavy atom. The number of amides is 1. The molecule has 1 aliphatic rings. The summed E-state index contributed by atoms with van der Waals surface area (Å²) in [5, 5.41) is 22.7. The highest BCUT2D eigenvalue weighted by Gasteiger charge is 2.18. The van der Waals surface area contributed by atoms with E-state index in [0.717, 1.165) is 13.1 Å². The van der Waals surface area contributed by atoms with E-state index in [2.05, 4.69) is 35.3 Å². The molecule has 148 valence electrons. The Labute approximate surface area is 168 Å². The number of nitro benzene ring substituents is 1. The number of hydrogen-bond acceptors (Lipinski definition) is 6. The van der Waals surface area contributed by atoms with Gasteiger partial charge in [-0.2, -0.15) is 5.26 Å². The van der Waals surface area contributed by atoms with Crippen LogP contribution >= 0.6 is 0 Å². The Morgan fingerprint density at radius 2 is 1.86 bits per heavy atom. The summed E-state index contributed by atoms with van der Waals surface area (Å²) in [6, 6.07) is 15.7. The van der Waals surface area contributed by atoms with Gasteiger partial charge in [-0.3, -0.25) is 14.9 Å². The van der Waals surface area contributed by atoms with Crippen LogP contribution in [0, 0.1) is 28.4 Å². The van der Waals surface area contributed by atoms with Crippen LogP contribution < -0.4 is 10.2 Å². The molecule has 2 aromatic carbocycles. The first-order valence-electron chi connectivity index (χ1n) is 9.19. The summed E-state index contributed by atoms with van der Waals surface area (Å²) in [5.41, 5.74) is 2.70. The van der Waals surface area contributed by atoms with Gasteiger partial charge in [0.15, 0.2) is 0 Å². The average molecular weight is 391 g/mol. The molecule has 8 heteroatoms. The second-order valence-electron chi connectivity index (χ2n) is 6.77. The Bertz CT molecular complexity index is 971. The fourth-order valence-corrected chi connectivity index (χ4v) is 3.12. The lowest BCUT2D eigenvalue weighted by Crippen LogP contribution is -2.44. The van der Waals surface area contributed by atoms with Crippen molar-refractivity contribution in [3.8, 4) is 6.07 Å². The first-order chi connectivity index (χ1) is 14.0. The number of nitrogens with zero attached hydrogens (tertiary/aromatic N) is 4. The van der Waals surface area contributed by atoms with Crippen LogP contribution in [0.2, 0.25) is 0 Å². The molecule has 1 fully saturated rings. The molecule has 1 saturated heterocycles. The Balaban J connectivity index is 1.60. The lowest BCUT2D eigenvalue weighted by atomic mass is 10.2. The normalized spacial score (nSPS) is 14.3. The SMILES string of the molecule is Cc1cccc(N2CCN(/C=C(/C#N)C(=O)Nc3ccc([N+](=O)[O-])cc3)CC2)c1. The zero-order valence-corrected chi connectivity index (χ0v) is 16.0. The average Bonchev–Trinajstić information content (AvgIpc) is 2.72. The van der Waals surface area contributed by atoms with Crippen molar-refractivity contribution in [2.45, 2.75) is 6.92 Å². The largest absolute Gasteiger partial charge is 0.373 e. The van der Waals surface area contributed by atoms with Gasteiger partial charge in [0, 0.05) is 55.9 Å². The minimum absolute atomic E-state index is 0.00708. The van der Waals surface area contributed by atoms with Crippen LogP contribution in [0.4, 0.5) is 17.1 Å². The molecular weight excluding hydrogens is 370 g/mol. The van der Waals surface area contributed by atoms with Crippen LogP contribution in [0.25, 0.3) is 0 Å². The van der Waals surface area contributed by atoms with E-state index >= 15 is 0 Å². The number of nitro groups is 1. The molecule has 3 rings (SSSR count). The van der Waals surface area contributed by atoms with Crippen molar-refractivity contribution in [1.29, 1.82) is 5.26 Å². The second-order valence-corrected chi connectivity index (χ2v) is 6.77. The molecule has 1 heterocycles. The Hall–Kier alpha value is -3.86. The Kier molecular flexibility index (Phi) is 6.09. The third-order valence-corrected chi connectivity index (χ3v) is 4.69. The van der Waals surface area contributed by atoms with Gasteiger partial charge in [-0.05, 0) is 36.8 Å². The zero-order valence-electron chi connectivity index (χ0n) is 16.0. The maximum absolute atomic E-state index is 12.4. The summed E-state index contributed by atoms with van der Waals surface area (Å²) in [4.78, 5) is 26.8. The second kappa shape index (κ2) is 8.89. The Morgan fingerprint density at radius 3 is 2.45 bits per heavy atom. The van der Waals surface area contributed by atoms with E-state index in [4.69, 9.17) is 0 Å². The van der Waals surface area contributed by atoms with Crippen molar-refractivity contribution in [2.24, 2.45) is 0 Å². The van der Waals surface area contributed by atoms with Crippen LogP contribution in [-0.2, 0) is 4.79 Å².